The largest absolute Gasteiger partial charge is 0.493 e. The first-order valence-corrected chi connectivity index (χ1v) is 10.9. The van der Waals surface area contributed by atoms with Gasteiger partial charge in [0.1, 0.15) is 23.3 Å². The van der Waals surface area contributed by atoms with Crippen molar-refractivity contribution in [1.82, 2.24) is 10.2 Å². The molecule has 0 atom stereocenters. The normalized spacial score (nSPS) is 11.0. The lowest BCUT2D eigenvalue weighted by Gasteiger charge is -2.12. The molecule has 2 aromatic carbocycles. The van der Waals surface area contributed by atoms with Crippen molar-refractivity contribution in [2.24, 2.45) is 0 Å². The topological polar surface area (TPSA) is 97.1 Å². The molecule has 1 N–H and O–H groups in total. The van der Waals surface area contributed by atoms with Crippen molar-refractivity contribution < 1.29 is 14.3 Å². The standard InChI is InChI=1S/C24H24N4O3S/c1-5-22-27-28-24(32-22)26-23(29)19(13-25)11-17-8-9-20(21(12-17)30-4)31-14-18-7-6-15(2)16(3)10-18/h6-12H,5,14H2,1-4H3,(H,26,28,29)/b19-11-. The van der Waals surface area contributed by atoms with Gasteiger partial charge in [0.15, 0.2) is 11.5 Å². The third-order valence-corrected chi connectivity index (χ3v) is 5.80. The fourth-order valence-electron chi connectivity index (χ4n) is 2.87. The van der Waals surface area contributed by atoms with Crippen molar-refractivity contribution in [3.63, 3.8) is 0 Å². The Morgan fingerprint density at radius 1 is 1.16 bits per heavy atom. The minimum absolute atomic E-state index is 0.0518. The van der Waals surface area contributed by atoms with Crippen molar-refractivity contribution in [1.29, 1.82) is 5.26 Å². The molecule has 32 heavy (non-hydrogen) atoms. The van der Waals surface area contributed by atoms with Gasteiger partial charge in [-0.25, -0.2) is 0 Å². The zero-order chi connectivity index (χ0) is 23.1. The summed E-state index contributed by atoms with van der Waals surface area (Å²) < 4.78 is 11.4. The lowest BCUT2D eigenvalue weighted by atomic mass is 10.1. The van der Waals surface area contributed by atoms with Crippen LogP contribution in [-0.2, 0) is 17.8 Å². The van der Waals surface area contributed by atoms with Crippen LogP contribution < -0.4 is 14.8 Å². The molecule has 3 aromatic rings. The van der Waals surface area contributed by atoms with Gasteiger partial charge in [-0.05, 0) is 60.7 Å². The summed E-state index contributed by atoms with van der Waals surface area (Å²) in [5.74, 6) is 0.545. The van der Waals surface area contributed by atoms with E-state index in [1.165, 1.54) is 28.5 Å². The van der Waals surface area contributed by atoms with Crippen LogP contribution in [-0.4, -0.2) is 23.2 Å². The Kier molecular flexibility index (Phi) is 7.58. The molecule has 0 aliphatic carbocycles. The first kappa shape index (κ1) is 23.0. The number of nitriles is 1. The highest BCUT2D eigenvalue weighted by Gasteiger charge is 2.13. The smallest absolute Gasteiger partial charge is 0.268 e. The van der Waals surface area contributed by atoms with E-state index in [-0.39, 0.29) is 5.57 Å². The number of hydrogen-bond acceptors (Lipinski definition) is 7. The number of carbonyl (C=O) groups excluding carboxylic acids is 1. The van der Waals surface area contributed by atoms with Crippen LogP contribution in [0.15, 0.2) is 42.0 Å². The molecule has 7 nitrogen and oxygen atoms in total. The highest BCUT2D eigenvalue weighted by atomic mass is 32.1. The van der Waals surface area contributed by atoms with E-state index in [2.05, 4.69) is 41.5 Å². The summed E-state index contributed by atoms with van der Waals surface area (Å²) in [6.07, 6.45) is 2.22. The lowest BCUT2D eigenvalue weighted by molar-refractivity contribution is -0.112. The summed E-state index contributed by atoms with van der Waals surface area (Å²) in [5.41, 5.74) is 4.09. The van der Waals surface area contributed by atoms with Gasteiger partial charge in [0, 0.05) is 0 Å². The predicted molar refractivity (Wildman–Crippen MR) is 125 cm³/mol. The molecule has 0 aliphatic rings. The molecule has 0 bridgehead atoms. The van der Waals surface area contributed by atoms with Crippen LogP contribution in [0.4, 0.5) is 5.13 Å². The lowest BCUT2D eigenvalue weighted by Crippen LogP contribution is -2.13. The number of carbonyl (C=O) groups is 1. The van der Waals surface area contributed by atoms with Gasteiger partial charge in [-0.1, -0.05) is 42.5 Å². The van der Waals surface area contributed by atoms with E-state index in [1.807, 2.05) is 19.1 Å². The van der Waals surface area contributed by atoms with E-state index >= 15 is 0 Å². The van der Waals surface area contributed by atoms with Gasteiger partial charge in [-0.3, -0.25) is 10.1 Å². The zero-order valence-electron chi connectivity index (χ0n) is 18.4. The Labute approximate surface area is 191 Å². The number of nitrogens with one attached hydrogen (secondary N) is 1. The molecule has 0 aliphatic heterocycles. The fourth-order valence-corrected chi connectivity index (χ4v) is 3.55. The molecule has 0 saturated heterocycles. The number of nitrogens with zero attached hydrogens (tertiary/aromatic N) is 3. The second-order valence-corrected chi connectivity index (χ2v) is 8.16. The molecule has 0 unspecified atom stereocenters. The summed E-state index contributed by atoms with van der Waals surface area (Å²) in [6, 6.07) is 13.4. The molecule has 0 spiro atoms. The molecular weight excluding hydrogens is 424 g/mol. The number of rotatable bonds is 8. The van der Waals surface area contributed by atoms with E-state index in [1.54, 1.807) is 25.3 Å². The molecule has 164 valence electrons. The zero-order valence-corrected chi connectivity index (χ0v) is 19.2. The van der Waals surface area contributed by atoms with Crippen molar-refractivity contribution in [3.05, 3.63) is 69.2 Å². The van der Waals surface area contributed by atoms with Crippen LogP contribution >= 0.6 is 11.3 Å². The molecule has 1 aromatic heterocycles. The molecule has 1 heterocycles. The Balaban J connectivity index is 1.74. The monoisotopic (exact) mass is 448 g/mol. The van der Waals surface area contributed by atoms with E-state index in [0.29, 0.717) is 28.8 Å². The van der Waals surface area contributed by atoms with Crippen molar-refractivity contribution >= 4 is 28.5 Å². The molecular formula is C24H24N4O3S. The van der Waals surface area contributed by atoms with E-state index in [4.69, 9.17) is 9.47 Å². The van der Waals surface area contributed by atoms with Gasteiger partial charge in [0.05, 0.1) is 7.11 Å². The van der Waals surface area contributed by atoms with Gasteiger partial charge in [0.25, 0.3) is 5.91 Å². The average molecular weight is 449 g/mol. The number of methoxy groups -OCH3 is 1. The summed E-state index contributed by atoms with van der Waals surface area (Å²) in [5, 5.41) is 21.1. The van der Waals surface area contributed by atoms with E-state index < -0.39 is 5.91 Å². The number of hydrogen-bond donors (Lipinski definition) is 1. The SMILES string of the molecule is CCc1nnc(NC(=O)/C(C#N)=C\c2ccc(OCc3ccc(C)c(C)c3)c(OC)c2)s1. The van der Waals surface area contributed by atoms with E-state index in [0.717, 1.165) is 17.0 Å². The average Bonchev–Trinajstić information content (AvgIpc) is 3.25. The van der Waals surface area contributed by atoms with Gasteiger partial charge in [0.2, 0.25) is 5.13 Å². The quantitative estimate of drug-likeness (QED) is 0.391. The van der Waals surface area contributed by atoms with Gasteiger partial charge in [-0.2, -0.15) is 5.26 Å². The number of anilines is 1. The summed E-state index contributed by atoms with van der Waals surface area (Å²) in [6.45, 7) is 6.49. The maximum atomic E-state index is 12.5. The summed E-state index contributed by atoms with van der Waals surface area (Å²) >= 11 is 1.28. The molecule has 1 amide bonds. The number of aromatic nitrogens is 2. The molecule has 3 rings (SSSR count). The minimum atomic E-state index is -0.541. The Hall–Kier alpha value is -3.70. The third-order valence-electron chi connectivity index (χ3n) is 4.82. The highest BCUT2D eigenvalue weighted by Crippen LogP contribution is 2.30. The van der Waals surface area contributed by atoms with E-state index in [9.17, 15) is 10.1 Å². The summed E-state index contributed by atoms with van der Waals surface area (Å²) in [7, 11) is 1.55. The van der Waals surface area contributed by atoms with Crippen LogP contribution in [0.5, 0.6) is 11.5 Å². The Morgan fingerprint density at radius 3 is 2.62 bits per heavy atom. The molecule has 0 fully saturated rings. The van der Waals surface area contributed by atoms with Crippen LogP contribution in [0.1, 0.15) is 34.2 Å². The summed E-state index contributed by atoms with van der Waals surface area (Å²) in [4.78, 5) is 12.5. The predicted octanol–water partition coefficient (Wildman–Crippen LogP) is 4.85. The molecule has 8 heteroatoms. The van der Waals surface area contributed by atoms with Gasteiger partial charge >= 0.3 is 0 Å². The van der Waals surface area contributed by atoms with Crippen LogP contribution in [0.3, 0.4) is 0 Å². The number of amides is 1. The first-order valence-electron chi connectivity index (χ1n) is 10.1. The number of aryl methyl sites for hydroxylation is 3. The number of benzene rings is 2. The van der Waals surface area contributed by atoms with Crippen LogP contribution in [0.25, 0.3) is 6.08 Å². The Morgan fingerprint density at radius 2 is 1.97 bits per heavy atom. The van der Waals surface area contributed by atoms with Crippen molar-refractivity contribution in [2.45, 2.75) is 33.8 Å². The highest BCUT2D eigenvalue weighted by molar-refractivity contribution is 7.15. The van der Waals surface area contributed by atoms with Gasteiger partial charge < -0.3 is 9.47 Å². The second-order valence-electron chi connectivity index (χ2n) is 7.10. The fraction of sp³-hybridized carbons (Fsp3) is 0.250. The van der Waals surface area contributed by atoms with Crippen molar-refractivity contribution in [3.8, 4) is 17.6 Å². The second kappa shape index (κ2) is 10.6. The maximum Gasteiger partial charge on any atom is 0.268 e. The minimum Gasteiger partial charge on any atom is -0.493 e. The maximum absolute atomic E-state index is 12.5. The molecule has 0 radical (unpaired) electrons. The van der Waals surface area contributed by atoms with Crippen LogP contribution in [0, 0.1) is 25.2 Å². The van der Waals surface area contributed by atoms with Crippen LogP contribution in [0.2, 0.25) is 0 Å². The third kappa shape index (κ3) is 5.71. The molecule has 0 saturated carbocycles. The Bertz CT molecular complexity index is 1190. The number of ether oxygens (including phenoxy) is 2. The first-order chi connectivity index (χ1) is 15.4. The van der Waals surface area contributed by atoms with Crippen molar-refractivity contribution in [2.75, 3.05) is 12.4 Å². The van der Waals surface area contributed by atoms with Gasteiger partial charge in [-0.15, -0.1) is 10.2 Å².